The highest BCUT2D eigenvalue weighted by Crippen LogP contribution is 2.38. The molecule has 1 saturated heterocycles. The van der Waals surface area contributed by atoms with Crippen LogP contribution in [0.25, 0.3) is 10.9 Å². The Bertz CT molecular complexity index is 1010. The molecule has 0 saturated carbocycles. The van der Waals surface area contributed by atoms with Crippen LogP contribution in [-0.2, 0) is 0 Å². The van der Waals surface area contributed by atoms with Gasteiger partial charge in [-0.3, -0.25) is 14.7 Å². The number of aromatic nitrogens is 2. The zero-order chi connectivity index (χ0) is 20.3. The second-order valence-electron chi connectivity index (χ2n) is 8.08. The molecule has 0 bridgehead atoms. The van der Waals surface area contributed by atoms with Crippen LogP contribution in [0.15, 0.2) is 48.9 Å². The maximum atomic E-state index is 12.2. The van der Waals surface area contributed by atoms with Crippen LogP contribution in [0.1, 0.15) is 23.2 Å². The Balaban J connectivity index is 1.10. The van der Waals surface area contributed by atoms with Gasteiger partial charge in [0.1, 0.15) is 12.7 Å². The van der Waals surface area contributed by atoms with Crippen molar-refractivity contribution >= 4 is 16.8 Å². The number of amides is 1. The number of rotatable bonds is 5. The van der Waals surface area contributed by atoms with E-state index < -0.39 is 0 Å². The van der Waals surface area contributed by atoms with Crippen molar-refractivity contribution in [3.63, 3.8) is 0 Å². The molecule has 7 nitrogen and oxygen atoms in total. The largest absolute Gasteiger partial charge is 0.486 e. The maximum Gasteiger partial charge on any atom is 0.252 e. The molecule has 4 heterocycles. The molecule has 0 aliphatic carbocycles. The van der Waals surface area contributed by atoms with Crippen molar-refractivity contribution in [1.29, 1.82) is 0 Å². The molecule has 7 heteroatoms. The van der Waals surface area contributed by atoms with Crippen molar-refractivity contribution < 1.29 is 14.3 Å². The molecule has 2 aliphatic rings. The number of benzene rings is 1. The van der Waals surface area contributed by atoms with Crippen LogP contribution in [0.2, 0.25) is 0 Å². The predicted octanol–water partition coefficient (Wildman–Crippen LogP) is 2.84. The Labute approximate surface area is 175 Å². The van der Waals surface area contributed by atoms with E-state index >= 15 is 0 Å². The predicted molar refractivity (Wildman–Crippen MR) is 114 cm³/mol. The summed E-state index contributed by atoms with van der Waals surface area (Å²) in [6.45, 7) is 4.16. The van der Waals surface area contributed by atoms with E-state index in [1.807, 2.05) is 24.4 Å². The number of nitrogens with zero attached hydrogens (tertiary/aromatic N) is 2. The first-order valence-corrected chi connectivity index (χ1v) is 10.6. The summed E-state index contributed by atoms with van der Waals surface area (Å²) in [7, 11) is 0. The number of carbonyl (C=O) groups is 1. The monoisotopic (exact) mass is 406 g/mol. The number of pyridine rings is 1. The summed E-state index contributed by atoms with van der Waals surface area (Å²) in [5.74, 6) is 2.12. The fraction of sp³-hybridized carbons (Fsp3) is 0.391. The molecule has 1 aromatic carbocycles. The second-order valence-corrected chi connectivity index (χ2v) is 8.08. The van der Waals surface area contributed by atoms with E-state index in [2.05, 4.69) is 20.2 Å². The van der Waals surface area contributed by atoms with Crippen molar-refractivity contribution in [1.82, 2.24) is 20.2 Å². The number of aromatic amines is 1. The van der Waals surface area contributed by atoms with E-state index in [1.54, 1.807) is 24.5 Å². The average molecular weight is 406 g/mol. The number of piperidine rings is 1. The maximum absolute atomic E-state index is 12.2. The quantitative estimate of drug-likeness (QED) is 0.681. The third kappa shape index (κ3) is 3.98. The van der Waals surface area contributed by atoms with Crippen molar-refractivity contribution in [2.45, 2.75) is 18.9 Å². The number of carbonyl (C=O) groups excluding carboxylic acids is 1. The molecule has 0 spiro atoms. The van der Waals surface area contributed by atoms with E-state index in [0.29, 0.717) is 24.6 Å². The molecule has 3 aromatic rings. The van der Waals surface area contributed by atoms with Crippen molar-refractivity contribution in [3.8, 4) is 11.5 Å². The van der Waals surface area contributed by atoms with Gasteiger partial charge in [-0.1, -0.05) is 0 Å². The normalized spacial score (nSPS) is 19.7. The van der Waals surface area contributed by atoms with Gasteiger partial charge in [-0.2, -0.15) is 0 Å². The first-order valence-electron chi connectivity index (χ1n) is 10.6. The lowest BCUT2D eigenvalue weighted by Crippen LogP contribution is -2.45. The molecule has 1 amide bonds. The molecular formula is C23H26N4O3. The van der Waals surface area contributed by atoms with Crippen molar-refractivity contribution in [2.75, 3.05) is 32.8 Å². The lowest BCUT2D eigenvalue weighted by molar-refractivity contribution is 0.0490. The van der Waals surface area contributed by atoms with Gasteiger partial charge in [0, 0.05) is 42.6 Å². The first kappa shape index (κ1) is 18.9. The van der Waals surface area contributed by atoms with Crippen molar-refractivity contribution in [3.05, 3.63) is 54.5 Å². The number of nitrogens with one attached hydrogen (secondary N) is 2. The van der Waals surface area contributed by atoms with Crippen LogP contribution in [0.4, 0.5) is 0 Å². The fourth-order valence-electron chi connectivity index (χ4n) is 4.29. The molecule has 0 radical (unpaired) electrons. The van der Waals surface area contributed by atoms with Crippen molar-refractivity contribution in [2.24, 2.45) is 5.92 Å². The third-order valence-corrected chi connectivity index (χ3v) is 6.00. The van der Waals surface area contributed by atoms with E-state index in [9.17, 15) is 4.79 Å². The Morgan fingerprint density at radius 1 is 1.23 bits per heavy atom. The SMILES string of the molecule is O=C(NCC1CCN(CC2COc3ccc4[nH]ccc4c3O2)CC1)c1cccnc1. The Morgan fingerprint density at radius 3 is 2.97 bits per heavy atom. The van der Waals surface area contributed by atoms with Crippen LogP contribution in [-0.4, -0.2) is 59.7 Å². The van der Waals surface area contributed by atoms with Gasteiger partial charge in [-0.05, 0) is 62.2 Å². The smallest absolute Gasteiger partial charge is 0.252 e. The summed E-state index contributed by atoms with van der Waals surface area (Å²) >= 11 is 0. The van der Waals surface area contributed by atoms with E-state index in [4.69, 9.17) is 9.47 Å². The number of H-pyrrole nitrogens is 1. The number of ether oxygens (including phenoxy) is 2. The lowest BCUT2D eigenvalue weighted by Gasteiger charge is -2.35. The summed E-state index contributed by atoms with van der Waals surface area (Å²) in [5.41, 5.74) is 1.67. The van der Waals surface area contributed by atoms with E-state index in [0.717, 1.165) is 54.9 Å². The lowest BCUT2D eigenvalue weighted by atomic mass is 9.96. The highest BCUT2D eigenvalue weighted by Gasteiger charge is 2.27. The van der Waals surface area contributed by atoms with Gasteiger partial charge >= 0.3 is 0 Å². The average Bonchev–Trinajstić information content (AvgIpc) is 3.28. The second kappa shape index (κ2) is 8.36. The van der Waals surface area contributed by atoms with Gasteiger partial charge in [-0.25, -0.2) is 0 Å². The van der Waals surface area contributed by atoms with Gasteiger partial charge in [0.25, 0.3) is 5.91 Å². The minimum absolute atomic E-state index is 0.0276. The summed E-state index contributed by atoms with van der Waals surface area (Å²) in [5, 5.41) is 4.11. The molecule has 5 rings (SSSR count). The minimum Gasteiger partial charge on any atom is -0.486 e. The van der Waals surface area contributed by atoms with Gasteiger partial charge in [0.15, 0.2) is 11.5 Å². The van der Waals surface area contributed by atoms with E-state index in [1.165, 1.54) is 0 Å². The zero-order valence-corrected chi connectivity index (χ0v) is 16.8. The molecule has 2 aromatic heterocycles. The highest BCUT2D eigenvalue weighted by molar-refractivity contribution is 5.93. The molecular weight excluding hydrogens is 380 g/mol. The number of hydrogen-bond donors (Lipinski definition) is 2. The van der Waals surface area contributed by atoms with Gasteiger partial charge < -0.3 is 19.8 Å². The first-order chi connectivity index (χ1) is 14.8. The fourth-order valence-corrected chi connectivity index (χ4v) is 4.29. The molecule has 2 aliphatic heterocycles. The molecule has 1 unspecified atom stereocenters. The molecule has 156 valence electrons. The van der Waals surface area contributed by atoms with Crippen LogP contribution < -0.4 is 14.8 Å². The van der Waals surface area contributed by atoms with Crippen LogP contribution in [0.5, 0.6) is 11.5 Å². The Hall–Kier alpha value is -3.06. The highest BCUT2D eigenvalue weighted by atomic mass is 16.6. The Kier molecular flexibility index (Phi) is 5.27. The molecule has 2 N–H and O–H groups in total. The molecule has 30 heavy (non-hydrogen) atoms. The van der Waals surface area contributed by atoms with Gasteiger partial charge in [0.05, 0.1) is 5.56 Å². The summed E-state index contributed by atoms with van der Waals surface area (Å²) in [6.07, 6.45) is 7.37. The topological polar surface area (TPSA) is 79.5 Å². The Morgan fingerprint density at radius 2 is 2.13 bits per heavy atom. The third-order valence-electron chi connectivity index (χ3n) is 6.00. The number of likely N-dealkylation sites (tertiary alicyclic amines) is 1. The van der Waals surface area contributed by atoms with Crippen LogP contribution in [0, 0.1) is 5.92 Å². The molecule has 1 fully saturated rings. The summed E-state index contributed by atoms with van der Waals surface area (Å²) in [4.78, 5) is 21.9. The van der Waals surface area contributed by atoms with Gasteiger partial charge in [0.2, 0.25) is 0 Å². The standard InChI is InChI=1S/C23H26N4O3/c28-23(17-2-1-8-24-13-17)26-12-16-6-10-27(11-7-16)14-18-15-29-21-4-3-20-19(5-9-25-20)22(21)30-18/h1-5,8-9,13,16,18,25H,6-7,10-12,14-15H2,(H,26,28). The molecule has 1 atom stereocenters. The summed E-state index contributed by atoms with van der Waals surface area (Å²) in [6, 6.07) is 9.59. The van der Waals surface area contributed by atoms with Gasteiger partial charge in [-0.15, -0.1) is 0 Å². The van der Waals surface area contributed by atoms with Crippen LogP contribution >= 0.6 is 0 Å². The van der Waals surface area contributed by atoms with Crippen LogP contribution in [0.3, 0.4) is 0 Å². The summed E-state index contributed by atoms with van der Waals surface area (Å²) < 4.78 is 12.3. The number of hydrogen-bond acceptors (Lipinski definition) is 5. The number of fused-ring (bicyclic) bond motifs is 3. The zero-order valence-electron chi connectivity index (χ0n) is 16.8. The van der Waals surface area contributed by atoms with E-state index in [-0.39, 0.29) is 12.0 Å². The minimum atomic E-state index is -0.0481.